The molecule has 3 N–H and O–H groups in total. The molecule has 0 saturated carbocycles. The van der Waals surface area contributed by atoms with E-state index < -0.39 is 10.0 Å². The van der Waals surface area contributed by atoms with E-state index in [1.807, 2.05) is 6.92 Å². The predicted molar refractivity (Wildman–Crippen MR) is 113 cm³/mol. The fraction of sp³-hybridized carbons (Fsp3) is 0.300. The lowest BCUT2D eigenvalue weighted by molar-refractivity contribution is -0.116. The van der Waals surface area contributed by atoms with Crippen LogP contribution in [0.4, 0.5) is 11.4 Å². The molecule has 2 aromatic carbocycles. The summed E-state index contributed by atoms with van der Waals surface area (Å²) in [5.74, 6) is 0.365. The molecule has 0 spiro atoms. The fourth-order valence-electron chi connectivity index (χ4n) is 2.56. The van der Waals surface area contributed by atoms with Gasteiger partial charge in [-0.2, -0.15) is 0 Å². The molecule has 2 amide bonds. The van der Waals surface area contributed by atoms with Crippen molar-refractivity contribution in [1.29, 1.82) is 0 Å². The third kappa shape index (κ3) is 6.75. The predicted octanol–water partition coefficient (Wildman–Crippen LogP) is 2.36. The normalized spacial score (nSPS) is 10.9. The first-order valence-corrected chi connectivity index (χ1v) is 10.7. The lowest BCUT2D eigenvalue weighted by Crippen LogP contribution is -2.27. The zero-order valence-electron chi connectivity index (χ0n) is 17.0. The van der Waals surface area contributed by atoms with Gasteiger partial charge in [-0.25, -0.2) is 13.1 Å². The number of amides is 2. The molecule has 0 radical (unpaired) electrons. The van der Waals surface area contributed by atoms with Crippen molar-refractivity contribution >= 4 is 33.2 Å². The lowest BCUT2D eigenvalue weighted by Gasteiger charge is -2.12. The van der Waals surface area contributed by atoms with Gasteiger partial charge in [-0.15, -0.1) is 0 Å². The van der Waals surface area contributed by atoms with Gasteiger partial charge in [-0.1, -0.05) is 0 Å². The number of anilines is 2. The van der Waals surface area contributed by atoms with E-state index in [-0.39, 0.29) is 29.7 Å². The molecule has 0 aliphatic carbocycles. The molecular formula is C20H25N3O6S. The standard InChI is InChI=1S/C20H25N3O6S/c1-4-29-16-6-8-17(9-7-16)30(26,27)21-12-11-20(25)23-15-5-10-19(28-3)18(13-15)22-14(2)24/h5-10,13,21H,4,11-12H2,1-3H3,(H,22,24)(H,23,25). The molecule has 9 nitrogen and oxygen atoms in total. The first kappa shape index (κ1) is 23.2. The van der Waals surface area contributed by atoms with Crippen LogP contribution in [0.2, 0.25) is 0 Å². The van der Waals surface area contributed by atoms with Crippen molar-refractivity contribution in [3.8, 4) is 11.5 Å². The molecule has 162 valence electrons. The van der Waals surface area contributed by atoms with Crippen molar-refractivity contribution in [2.45, 2.75) is 25.2 Å². The molecule has 0 unspecified atom stereocenters. The molecule has 10 heteroatoms. The third-order valence-corrected chi connectivity index (χ3v) is 5.36. The molecule has 0 fully saturated rings. The molecule has 0 atom stereocenters. The summed E-state index contributed by atoms with van der Waals surface area (Å²) in [6.45, 7) is 3.61. The number of hydrogen-bond donors (Lipinski definition) is 3. The molecule has 0 heterocycles. The Bertz CT molecular complexity index is 990. The van der Waals surface area contributed by atoms with E-state index in [2.05, 4.69) is 15.4 Å². The van der Waals surface area contributed by atoms with Gasteiger partial charge < -0.3 is 20.1 Å². The van der Waals surface area contributed by atoms with Crippen molar-refractivity contribution in [3.05, 3.63) is 42.5 Å². The van der Waals surface area contributed by atoms with E-state index in [1.54, 1.807) is 30.3 Å². The number of nitrogens with one attached hydrogen (secondary N) is 3. The summed E-state index contributed by atoms with van der Waals surface area (Å²) in [4.78, 5) is 23.5. The Balaban J connectivity index is 1.92. The molecule has 30 heavy (non-hydrogen) atoms. The minimum absolute atomic E-state index is 0.0717. The summed E-state index contributed by atoms with van der Waals surface area (Å²) in [6.07, 6.45) is -0.0717. The summed E-state index contributed by atoms with van der Waals surface area (Å²) in [7, 11) is -2.27. The van der Waals surface area contributed by atoms with Crippen molar-refractivity contribution < 1.29 is 27.5 Å². The van der Waals surface area contributed by atoms with Crippen molar-refractivity contribution in [2.75, 3.05) is 30.9 Å². The summed E-state index contributed by atoms with van der Waals surface area (Å²) < 4.78 is 37.5. The zero-order valence-corrected chi connectivity index (χ0v) is 17.8. The highest BCUT2D eigenvalue weighted by atomic mass is 32.2. The van der Waals surface area contributed by atoms with Crippen LogP contribution in [-0.2, 0) is 19.6 Å². The van der Waals surface area contributed by atoms with Gasteiger partial charge in [0.1, 0.15) is 11.5 Å². The van der Waals surface area contributed by atoms with Gasteiger partial charge in [-0.3, -0.25) is 9.59 Å². The second-order valence-corrected chi connectivity index (χ2v) is 7.96. The number of hydrogen-bond acceptors (Lipinski definition) is 6. The Labute approximate surface area is 175 Å². The number of methoxy groups -OCH3 is 1. The maximum Gasteiger partial charge on any atom is 0.240 e. The number of ether oxygens (including phenoxy) is 2. The largest absolute Gasteiger partial charge is 0.495 e. The van der Waals surface area contributed by atoms with Crippen molar-refractivity contribution in [3.63, 3.8) is 0 Å². The van der Waals surface area contributed by atoms with Gasteiger partial charge in [0.2, 0.25) is 21.8 Å². The van der Waals surface area contributed by atoms with E-state index in [0.29, 0.717) is 29.5 Å². The van der Waals surface area contributed by atoms with E-state index in [0.717, 1.165) is 0 Å². The topological polar surface area (TPSA) is 123 Å². The van der Waals surface area contributed by atoms with Gasteiger partial charge in [0.05, 0.1) is 24.3 Å². The zero-order chi connectivity index (χ0) is 22.1. The van der Waals surface area contributed by atoms with Crippen LogP contribution in [0.25, 0.3) is 0 Å². The molecule has 0 bridgehead atoms. The van der Waals surface area contributed by atoms with Crippen LogP contribution in [0.5, 0.6) is 11.5 Å². The quantitative estimate of drug-likeness (QED) is 0.527. The number of carbonyl (C=O) groups excluding carboxylic acids is 2. The van der Waals surface area contributed by atoms with Gasteiger partial charge in [0.15, 0.2) is 0 Å². The number of sulfonamides is 1. The Kier molecular flexibility index (Phi) is 8.19. The van der Waals surface area contributed by atoms with Gasteiger partial charge >= 0.3 is 0 Å². The van der Waals surface area contributed by atoms with Crippen LogP contribution in [0.15, 0.2) is 47.4 Å². The fourth-order valence-corrected chi connectivity index (χ4v) is 3.59. The minimum Gasteiger partial charge on any atom is -0.495 e. The number of carbonyl (C=O) groups is 2. The van der Waals surface area contributed by atoms with Crippen LogP contribution >= 0.6 is 0 Å². The maximum absolute atomic E-state index is 12.3. The molecule has 2 rings (SSSR count). The summed E-state index contributed by atoms with van der Waals surface area (Å²) in [6, 6.07) is 10.8. The first-order valence-electron chi connectivity index (χ1n) is 9.23. The number of rotatable bonds is 10. The maximum atomic E-state index is 12.3. The number of benzene rings is 2. The molecule has 2 aromatic rings. The average Bonchev–Trinajstić information content (AvgIpc) is 2.68. The van der Waals surface area contributed by atoms with Crippen LogP contribution in [0.3, 0.4) is 0 Å². The molecular weight excluding hydrogens is 410 g/mol. The van der Waals surface area contributed by atoms with Crippen LogP contribution in [0, 0.1) is 0 Å². The highest BCUT2D eigenvalue weighted by Gasteiger charge is 2.15. The molecule has 0 saturated heterocycles. The van der Waals surface area contributed by atoms with Crippen molar-refractivity contribution in [1.82, 2.24) is 4.72 Å². The smallest absolute Gasteiger partial charge is 0.240 e. The third-order valence-electron chi connectivity index (χ3n) is 3.88. The van der Waals surface area contributed by atoms with Crippen molar-refractivity contribution in [2.24, 2.45) is 0 Å². The lowest BCUT2D eigenvalue weighted by atomic mass is 10.2. The monoisotopic (exact) mass is 435 g/mol. The van der Waals surface area contributed by atoms with Crippen LogP contribution < -0.4 is 24.8 Å². The average molecular weight is 436 g/mol. The van der Waals surface area contributed by atoms with E-state index >= 15 is 0 Å². The van der Waals surface area contributed by atoms with Crippen LogP contribution in [-0.4, -0.2) is 40.5 Å². The van der Waals surface area contributed by atoms with Crippen LogP contribution in [0.1, 0.15) is 20.3 Å². The Morgan fingerprint density at radius 1 is 1.03 bits per heavy atom. The van der Waals surface area contributed by atoms with E-state index in [1.165, 1.54) is 26.2 Å². The Morgan fingerprint density at radius 2 is 1.73 bits per heavy atom. The highest BCUT2D eigenvalue weighted by Crippen LogP contribution is 2.27. The summed E-state index contributed by atoms with van der Waals surface area (Å²) in [5.41, 5.74) is 0.859. The Morgan fingerprint density at radius 3 is 2.33 bits per heavy atom. The highest BCUT2D eigenvalue weighted by molar-refractivity contribution is 7.89. The van der Waals surface area contributed by atoms with E-state index in [4.69, 9.17) is 9.47 Å². The summed E-state index contributed by atoms with van der Waals surface area (Å²) in [5, 5.41) is 5.27. The van der Waals surface area contributed by atoms with Gasteiger partial charge in [-0.05, 0) is 49.4 Å². The van der Waals surface area contributed by atoms with Gasteiger partial charge in [0, 0.05) is 25.6 Å². The Hall–Kier alpha value is -3.11. The minimum atomic E-state index is -3.74. The second-order valence-electron chi connectivity index (χ2n) is 6.20. The SMILES string of the molecule is CCOc1ccc(S(=O)(=O)NCCC(=O)Nc2ccc(OC)c(NC(C)=O)c2)cc1. The molecule has 0 aliphatic heterocycles. The second kappa shape index (κ2) is 10.6. The molecule has 0 aliphatic rings. The summed E-state index contributed by atoms with van der Waals surface area (Å²) >= 11 is 0. The first-order chi connectivity index (χ1) is 14.2. The molecule has 0 aromatic heterocycles. The van der Waals surface area contributed by atoms with Gasteiger partial charge in [0.25, 0.3) is 0 Å². The van der Waals surface area contributed by atoms with E-state index in [9.17, 15) is 18.0 Å².